The highest BCUT2D eigenvalue weighted by atomic mass is 16.6. The van der Waals surface area contributed by atoms with E-state index in [4.69, 9.17) is 14.2 Å². The van der Waals surface area contributed by atoms with Gasteiger partial charge < -0.3 is 14.2 Å². The topological polar surface area (TPSA) is 61.8 Å². The molecule has 0 N–H and O–H groups in total. The van der Waals surface area contributed by atoms with Gasteiger partial charge in [0, 0.05) is 5.56 Å². The highest BCUT2D eigenvalue weighted by Gasteiger charge is 2.42. The first-order valence-electron chi connectivity index (χ1n) is 5.57. The summed E-state index contributed by atoms with van der Waals surface area (Å²) in [5.74, 6) is -0.872. The van der Waals surface area contributed by atoms with Gasteiger partial charge in [-0.25, -0.2) is 0 Å². The van der Waals surface area contributed by atoms with Crippen molar-refractivity contribution in [2.24, 2.45) is 5.92 Å². The van der Waals surface area contributed by atoms with Crippen LogP contribution in [0.15, 0.2) is 24.3 Å². The van der Waals surface area contributed by atoms with E-state index in [2.05, 4.69) is 0 Å². The zero-order valence-electron chi connectivity index (χ0n) is 10.2. The monoisotopic (exact) mass is 250 g/mol. The van der Waals surface area contributed by atoms with Crippen LogP contribution in [0.1, 0.15) is 18.1 Å². The lowest BCUT2D eigenvalue weighted by Crippen LogP contribution is -2.20. The van der Waals surface area contributed by atoms with Crippen molar-refractivity contribution in [1.82, 2.24) is 0 Å². The summed E-state index contributed by atoms with van der Waals surface area (Å²) in [5, 5.41) is 0. The number of carbonyl (C=O) groups is 2. The fourth-order valence-corrected chi connectivity index (χ4v) is 2.10. The minimum Gasteiger partial charge on any atom is -0.496 e. The van der Waals surface area contributed by atoms with Gasteiger partial charge >= 0.3 is 11.9 Å². The predicted octanol–water partition coefficient (Wildman–Crippen LogP) is 1.47. The Bertz CT molecular complexity index is 468. The van der Waals surface area contributed by atoms with Gasteiger partial charge in [0.2, 0.25) is 0 Å². The van der Waals surface area contributed by atoms with E-state index >= 15 is 0 Å². The fourth-order valence-electron chi connectivity index (χ4n) is 2.10. The third-order valence-corrected chi connectivity index (χ3v) is 2.96. The molecule has 18 heavy (non-hydrogen) atoms. The zero-order chi connectivity index (χ0) is 13.1. The third-order valence-electron chi connectivity index (χ3n) is 2.96. The number of hydrogen-bond acceptors (Lipinski definition) is 5. The minimum atomic E-state index is -0.638. The maximum atomic E-state index is 11.6. The first-order chi connectivity index (χ1) is 8.67. The van der Waals surface area contributed by atoms with E-state index in [9.17, 15) is 9.59 Å². The molecular weight excluding hydrogens is 236 g/mol. The maximum Gasteiger partial charge on any atom is 0.313 e. The molecule has 2 atom stereocenters. The van der Waals surface area contributed by atoms with Gasteiger partial charge in [-0.15, -0.1) is 0 Å². The Morgan fingerprint density at radius 1 is 1.33 bits per heavy atom. The van der Waals surface area contributed by atoms with Gasteiger partial charge in [-0.2, -0.15) is 0 Å². The number of rotatable bonds is 3. The van der Waals surface area contributed by atoms with Crippen molar-refractivity contribution >= 4 is 11.9 Å². The highest BCUT2D eigenvalue weighted by molar-refractivity contribution is 5.84. The molecule has 0 spiro atoms. The molecule has 1 heterocycles. The molecule has 0 saturated carbocycles. The van der Waals surface area contributed by atoms with E-state index < -0.39 is 24.0 Å². The molecule has 0 bridgehead atoms. The van der Waals surface area contributed by atoms with E-state index in [1.54, 1.807) is 18.2 Å². The molecule has 1 aromatic carbocycles. The molecule has 5 nitrogen and oxygen atoms in total. The van der Waals surface area contributed by atoms with Crippen LogP contribution >= 0.6 is 0 Å². The Hall–Kier alpha value is -2.04. The number of benzene rings is 1. The van der Waals surface area contributed by atoms with Crippen molar-refractivity contribution < 1.29 is 23.8 Å². The van der Waals surface area contributed by atoms with Crippen molar-refractivity contribution in [2.75, 3.05) is 14.2 Å². The standard InChI is InChI=1S/C13H14O5/c1-16-10-6-4-3-5-8(10)12-9(13(15)17-2)7-11(14)18-12/h3-6,9,12H,7H2,1-2H3. The van der Waals surface area contributed by atoms with Crippen LogP contribution in [0.25, 0.3) is 0 Å². The van der Waals surface area contributed by atoms with E-state index in [-0.39, 0.29) is 6.42 Å². The Balaban J connectivity index is 2.35. The first kappa shape index (κ1) is 12.4. The fraction of sp³-hybridized carbons (Fsp3) is 0.385. The third kappa shape index (κ3) is 2.16. The molecule has 1 aliphatic rings. The molecule has 0 radical (unpaired) electrons. The predicted molar refractivity (Wildman–Crippen MR) is 62.0 cm³/mol. The summed E-state index contributed by atoms with van der Waals surface area (Å²) in [6.45, 7) is 0. The van der Waals surface area contributed by atoms with Gasteiger partial charge in [0.1, 0.15) is 17.8 Å². The summed E-state index contributed by atoms with van der Waals surface area (Å²) in [4.78, 5) is 23.0. The summed E-state index contributed by atoms with van der Waals surface area (Å²) in [7, 11) is 2.83. The normalized spacial score (nSPS) is 22.4. The number of methoxy groups -OCH3 is 2. The van der Waals surface area contributed by atoms with Gasteiger partial charge in [-0.3, -0.25) is 9.59 Å². The molecule has 1 aromatic rings. The second-order valence-corrected chi connectivity index (χ2v) is 3.99. The van der Waals surface area contributed by atoms with E-state index in [0.717, 1.165) is 0 Å². The lowest BCUT2D eigenvalue weighted by Gasteiger charge is -2.18. The van der Waals surface area contributed by atoms with Crippen molar-refractivity contribution in [2.45, 2.75) is 12.5 Å². The number of cyclic esters (lactones) is 1. The van der Waals surface area contributed by atoms with Gasteiger partial charge in [0.25, 0.3) is 0 Å². The van der Waals surface area contributed by atoms with Gasteiger partial charge in [0.05, 0.1) is 20.6 Å². The summed E-state index contributed by atoms with van der Waals surface area (Å²) in [6.07, 6.45) is -0.601. The second-order valence-electron chi connectivity index (χ2n) is 3.99. The number of esters is 2. The van der Waals surface area contributed by atoms with Crippen LogP contribution in [0.2, 0.25) is 0 Å². The van der Waals surface area contributed by atoms with Crippen LogP contribution in [-0.2, 0) is 19.1 Å². The summed E-state index contributed by atoms with van der Waals surface area (Å²) < 4.78 is 15.1. The van der Waals surface area contributed by atoms with Crippen LogP contribution in [0.4, 0.5) is 0 Å². The Morgan fingerprint density at radius 2 is 2.06 bits per heavy atom. The van der Waals surface area contributed by atoms with Crippen LogP contribution < -0.4 is 4.74 Å². The molecule has 0 aromatic heterocycles. The molecular formula is C13H14O5. The molecule has 1 aliphatic heterocycles. The molecule has 5 heteroatoms. The molecule has 0 aliphatic carbocycles. The van der Waals surface area contributed by atoms with E-state index in [1.807, 2.05) is 6.07 Å². The van der Waals surface area contributed by atoms with Crippen LogP contribution in [-0.4, -0.2) is 26.2 Å². The number of para-hydroxylation sites is 1. The number of hydrogen-bond donors (Lipinski definition) is 0. The number of ether oxygens (including phenoxy) is 3. The molecule has 96 valence electrons. The van der Waals surface area contributed by atoms with E-state index in [0.29, 0.717) is 11.3 Å². The van der Waals surface area contributed by atoms with Crippen molar-refractivity contribution in [1.29, 1.82) is 0 Å². The van der Waals surface area contributed by atoms with Crippen LogP contribution in [0, 0.1) is 5.92 Å². The molecule has 1 saturated heterocycles. The lowest BCUT2D eigenvalue weighted by atomic mass is 9.95. The Kier molecular flexibility index (Phi) is 3.50. The zero-order valence-corrected chi connectivity index (χ0v) is 10.2. The molecule has 2 rings (SSSR count). The largest absolute Gasteiger partial charge is 0.496 e. The van der Waals surface area contributed by atoms with Crippen LogP contribution in [0.3, 0.4) is 0 Å². The highest BCUT2D eigenvalue weighted by Crippen LogP contribution is 2.39. The average molecular weight is 250 g/mol. The summed E-state index contributed by atoms with van der Waals surface area (Å²) in [6, 6.07) is 7.15. The van der Waals surface area contributed by atoms with Crippen molar-refractivity contribution in [3.05, 3.63) is 29.8 Å². The van der Waals surface area contributed by atoms with Gasteiger partial charge in [0.15, 0.2) is 0 Å². The van der Waals surface area contributed by atoms with Crippen molar-refractivity contribution in [3.8, 4) is 5.75 Å². The quantitative estimate of drug-likeness (QED) is 0.760. The lowest BCUT2D eigenvalue weighted by molar-refractivity contribution is -0.147. The van der Waals surface area contributed by atoms with Gasteiger partial charge in [-0.05, 0) is 6.07 Å². The SMILES string of the molecule is COC(=O)C1CC(=O)OC1c1ccccc1OC. The van der Waals surface area contributed by atoms with Gasteiger partial charge in [-0.1, -0.05) is 18.2 Å². The maximum absolute atomic E-state index is 11.6. The Morgan fingerprint density at radius 3 is 2.72 bits per heavy atom. The minimum absolute atomic E-state index is 0.0371. The molecule has 0 amide bonds. The Labute approximate surface area is 105 Å². The summed E-state index contributed by atoms with van der Waals surface area (Å²) in [5.41, 5.74) is 0.682. The number of carbonyl (C=O) groups excluding carboxylic acids is 2. The van der Waals surface area contributed by atoms with Crippen LogP contribution in [0.5, 0.6) is 5.75 Å². The smallest absolute Gasteiger partial charge is 0.313 e. The molecule has 1 fully saturated rings. The summed E-state index contributed by atoms with van der Waals surface area (Å²) >= 11 is 0. The second kappa shape index (κ2) is 5.08. The molecule has 2 unspecified atom stereocenters. The first-order valence-corrected chi connectivity index (χ1v) is 5.57. The van der Waals surface area contributed by atoms with Crippen molar-refractivity contribution in [3.63, 3.8) is 0 Å². The average Bonchev–Trinajstić information content (AvgIpc) is 2.79. The van der Waals surface area contributed by atoms with E-state index in [1.165, 1.54) is 14.2 Å².